The van der Waals surface area contributed by atoms with E-state index in [0.29, 0.717) is 17.5 Å². The lowest BCUT2D eigenvalue weighted by Gasteiger charge is -2.07. The highest BCUT2D eigenvalue weighted by Crippen LogP contribution is 2.47. The third-order valence-electron chi connectivity index (χ3n) is 3.32. The van der Waals surface area contributed by atoms with Crippen molar-refractivity contribution in [3.63, 3.8) is 0 Å². The van der Waals surface area contributed by atoms with Crippen molar-refractivity contribution >= 4 is 17.0 Å². The van der Waals surface area contributed by atoms with Crippen LogP contribution in [0.2, 0.25) is 0 Å². The van der Waals surface area contributed by atoms with E-state index in [1.807, 2.05) is 0 Å². The van der Waals surface area contributed by atoms with E-state index in [1.165, 1.54) is 6.20 Å². The number of carboxylic acid groups (broad SMARTS) is 1. The van der Waals surface area contributed by atoms with Crippen molar-refractivity contribution in [1.82, 2.24) is 14.8 Å². The van der Waals surface area contributed by atoms with Crippen LogP contribution in [0.1, 0.15) is 18.0 Å². The van der Waals surface area contributed by atoms with Gasteiger partial charge in [-0.25, -0.2) is 9.67 Å². The van der Waals surface area contributed by atoms with Gasteiger partial charge in [-0.2, -0.15) is 18.3 Å². The predicted octanol–water partition coefficient (Wildman–Crippen LogP) is 2.18. The molecule has 1 N–H and O–H groups in total. The van der Waals surface area contributed by atoms with Gasteiger partial charge in [-0.05, 0) is 18.6 Å². The first kappa shape index (κ1) is 12.9. The molecule has 3 rings (SSSR count). The molecule has 2 unspecified atom stereocenters. The van der Waals surface area contributed by atoms with Gasteiger partial charge in [0, 0.05) is 17.0 Å². The maximum Gasteiger partial charge on any atom is 0.408 e. The van der Waals surface area contributed by atoms with Crippen LogP contribution < -0.4 is 0 Å². The molecule has 2 aromatic heterocycles. The zero-order valence-electron chi connectivity index (χ0n) is 10.1. The Morgan fingerprint density at radius 3 is 2.80 bits per heavy atom. The highest BCUT2D eigenvalue weighted by atomic mass is 19.4. The number of nitrogens with zero attached hydrogens (tertiary/aromatic N) is 3. The molecule has 1 saturated carbocycles. The first-order valence-electron chi connectivity index (χ1n) is 5.97. The lowest BCUT2D eigenvalue weighted by molar-refractivity contribution is -0.142. The fraction of sp³-hybridized carbons (Fsp3) is 0.417. The van der Waals surface area contributed by atoms with E-state index in [1.54, 1.807) is 12.1 Å². The van der Waals surface area contributed by atoms with Gasteiger partial charge in [0.15, 0.2) is 5.65 Å². The number of carbonyl (C=O) groups is 1. The quantitative estimate of drug-likeness (QED) is 0.938. The van der Waals surface area contributed by atoms with Crippen molar-refractivity contribution < 1.29 is 23.1 Å². The minimum absolute atomic E-state index is 0.135. The first-order chi connectivity index (χ1) is 9.35. The second kappa shape index (κ2) is 4.19. The molecular formula is C12H10F3N3O2. The summed E-state index contributed by atoms with van der Waals surface area (Å²) < 4.78 is 38.0. The highest BCUT2D eigenvalue weighted by molar-refractivity contribution is 5.77. The van der Waals surface area contributed by atoms with Crippen LogP contribution in [0.3, 0.4) is 0 Å². The maximum absolute atomic E-state index is 12.4. The number of pyridine rings is 1. The van der Waals surface area contributed by atoms with Crippen molar-refractivity contribution in [2.75, 3.05) is 0 Å². The zero-order chi connectivity index (χ0) is 14.5. The number of hydrogen-bond donors (Lipinski definition) is 1. The molecule has 0 radical (unpaired) electrons. The smallest absolute Gasteiger partial charge is 0.408 e. The first-order valence-corrected chi connectivity index (χ1v) is 5.97. The molecule has 1 aliphatic rings. The largest absolute Gasteiger partial charge is 0.481 e. The number of rotatable bonds is 3. The number of alkyl halides is 3. The summed E-state index contributed by atoms with van der Waals surface area (Å²) >= 11 is 0. The lowest BCUT2D eigenvalue weighted by Crippen LogP contribution is -2.18. The van der Waals surface area contributed by atoms with Crippen LogP contribution >= 0.6 is 0 Å². The van der Waals surface area contributed by atoms with E-state index >= 15 is 0 Å². The summed E-state index contributed by atoms with van der Waals surface area (Å²) in [5.74, 6) is -1.61. The van der Waals surface area contributed by atoms with Crippen molar-refractivity contribution in [3.8, 4) is 0 Å². The Morgan fingerprint density at radius 1 is 1.45 bits per heavy atom. The summed E-state index contributed by atoms with van der Waals surface area (Å²) in [5.41, 5.74) is 0.643. The summed E-state index contributed by atoms with van der Waals surface area (Å²) in [6.45, 7) is -1.21. The average Bonchev–Trinajstić information content (AvgIpc) is 3.06. The molecule has 1 fully saturated rings. The van der Waals surface area contributed by atoms with Crippen LogP contribution in [0.25, 0.3) is 11.0 Å². The molecule has 2 aromatic rings. The number of halogens is 3. The Labute approximate surface area is 111 Å². The lowest BCUT2D eigenvalue weighted by atomic mass is 10.2. The third-order valence-corrected chi connectivity index (χ3v) is 3.32. The summed E-state index contributed by atoms with van der Waals surface area (Å²) in [6.07, 6.45) is -2.58. The van der Waals surface area contributed by atoms with E-state index in [4.69, 9.17) is 5.11 Å². The SMILES string of the molecule is O=C(O)C1CC1c1ccc2cnn(CC(F)(F)F)c2n1. The fourth-order valence-electron chi connectivity index (χ4n) is 2.25. The molecule has 2 heterocycles. The standard InChI is InChI=1S/C12H10F3N3O2/c13-12(14,15)5-18-10-6(4-16-18)1-2-9(17-10)7-3-8(7)11(19)20/h1-2,4,7-8H,3,5H2,(H,19,20). The molecule has 5 nitrogen and oxygen atoms in total. The van der Waals surface area contributed by atoms with Gasteiger partial charge in [-0.15, -0.1) is 0 Å². The summed E-state index contributed by atoms with van der Waals surface area (Å²) in [7, 11) is 0. The predicted molar refractivity (Wildman–Crippen MR) is 62.1 cm³/mol. The summed E-state index contributed by atoms with van der Waals surface area (Å²) in [4.78, 5) is 15.0. The second-order valence-corrected chi connectivity index (χ2v) is 4.85. The van der Waals surface area contributed by atoms with Crippen molar-refractivity contribution in [2.45, 2.75) is 25.1 Å². The van der Waals surface area contributed by atoms with E-state index in [0.717, 1.165) is 4.68 Å². The van der Waals surface area contributed by atoms with Gasteiger partial charge in [0.1, 0.15) is 6.54 Å². The molecule has 0 spiro atoms. The van der Waals surface area contributed by atoms with Crippen LogP contribution in [0.4, 0.5) is 13.2 Å². The fourth-order valence-corrected chi connectivity index (χ4v) is 2.25. The zero-order valence-corrected chi connectivity index (χ0v) is 10.1. The molecule has 1 aliphatic carbocycles. The highest BCUT2D eigenvalue weighted by Gasteiger charge is 2.45. The number of aliphatic carboxylic acids is 1. The van der Waals surface area contributed by atoms with Crippen LogP contribution in [0, 0.1) is 5.92 Å². The van der Waals surface area contributed by atoms with Crippen molar-refractivity contribution in [3.05, 3.63) is 24.0 Å². The van der Waals surface area contributed by atoms with E-state index < -0.39 is 24.6 Å². The molecule has 0 saturated heterocycles. The van der Waals surface area contributed by atoms with Gasteiger partial charge >= 0.3 is 12.1 Å². The third kappa shape index (κ3) is 2.33. The Morgan fingerprint density at radius 2 is 2.20 bits per heavy atom. The van der Waals surface area contributed by atoms with Gasteiger partial charge in [0.2, 0.25) is 0 Å². The topological polar surface area (TPSA) is 68.0 Å². The summed E-state index contributed by atoms with van der Waals surface area (Å²) in [5, 5.41) is 13.1. The van der Waals surface area contributed by atoms with Crippen molar-refractivity contribution in [1.29, 1.82) is 0 Å². The van der Waals surface area contributed by atoms with Gasteiger partial charge in [0.05, 0.1) is 12.1 Å². The summed E-state index contributed by atoms with van der Waals surface area (Å²) in [6, 6.07) is 3.27. The van der Waals surface area contributed by atoms with E-state index in [2.05, 4.69) is 10.1 Å². The Bertz CT molecular complexity index is 680. The van der Waals surface area contributed by atoms with Crippen LogP contribution in [-0.2, 0) is 11.3 Å². The molecule has 0 aromatic carbocycles. The number of carboxylic acids is 1. The van der Waals surface area contributed by atoms with Crippen molar-refractivity contribution in [2.24, 2.45) is 5.92 Å². The number of aromatic nitrogens is 3. The van der Waals surface area contributed by atoms with Crippen LogP contribution in [-0.4, -0.2) is 32.0 Å². The van der Waals surface area contributed by atoms with E-state index in [-0.39, 0.29) is 11.6 Å². The Kier molecular flexibility index (Phi) is 2.70. The molecule has 0 amide bonds. The molecule has 2 atom stereocenters. The number of hydrogen-bond acceptors (Lipinski definition) is 3. The molecule has 8 heteroatoms. The second-order valence-electron chi connectivity index (χ2n) is 4.85. The monoisotopic (exact) mass is 285 g/mol. The van der Waals surface area contributed by atoms with Crippen LogP contribution in [0.15, 0.2) is 18.3 Å². The van der Waals surface area contributed by atoms with Gasteiger partial charge in [-0.1, -0.05) is 0 Å². The van der Waals surface area contributed by atoms with E-state index in [9.17, 15) is 18.0 Å². The Hall–Kier alpha value is -2.12. The maximum atomic E-state index is 12.4. The molecule has 0 aliphatic heterocycles. The van der Waals surface area contributed by atoms with Gasteiger partial charge in [0.25, 0.3) is 0 Å². The minimum atomic E-state index is -4.38. The van der Waals surface area contributed by atoms with Gasteiger partial charge in [-0.3, -0.25) is 4.79 Å². The minimum Gasteiger partial charge on any atom is -0.481 e. The Balaban J connectivity index is 1.94. The number of fused-ring (bicyclic) bond motifs is 1. The average molecular weight is 285 g/mol. The van der Waals surface area contributed by atoms with Gasteiger partial charge < -0.3 is 5.11 Å². The molecular weight excluding hydrogens is 275 g/mol. The molecule has 0 bridgehead atoms. The normalized spacial score (nSPS) is 22.1. The molecule has 20 heavy (non-hydrogen) atoms. The van der Waals surface area contributed by atoms with Crippen LogP contribution in [0.5, 0.6) is 0 Å². The molecule has 106 valence electrons.